The summed E-state index contributed by atoms with van der Waals surface area (Å²) < 4.78 is 10.7. The minimum atomic E-state index is 0.325. The molecule has 2 rings (SSSR count). The van der Waals surface area contributed by atoms with E-state index in [9.17, 15) is 0 Å². The van der Waals surface area contributed by atoms with E-state index in [1.165, 1.54) is 11.1 Å². The molecule has 1 aromatic rings. The van der Waals surface area contributed by atoms with Crippen LogP contribution in [-0.4, -0.2) is 38.8 Å². The molecule has 3 nitrogen and oxygen atoms in total. The Bertz CT molecular complexity index is 466. The minimum Gasteiger partial charge on any atom is -0.496 e. The molecule has 0 bridgehead atoms. The quantitative estimate of drug-likeness (QED) is 0.714. The van der Waals surface area contributed by atoms with Crippen molar-refractivity contribution in [2.24, 2.45) is 5.41 Å². The number of hydrogen-bond acceptors (Lipinski definition) is 3. The molecule has 0 aliphatic carbocycles. The predicted octanol–water partition coefficient (Wildman–Crippen LogP) is 2.89. The molecule has 1 fully saturated rings. The zero-order valence-electron chi connectivity index (χ0n) is 12.8. The highest BCUT2D eigenvalue weighted by atomic mass is 16.5. The van der Waals surface area contributed by atoms with E-state index >= 15 is 0 Å². The Morgan fingerprint density at radius 1 is 1.45 bits per heavy atom. The minimum absolute atomic E-state index is 0.325. The van der Waals surface area contributed by atoms with Crippen LogP contribution in [0.15, 0.2) is 30.9 Å². The van der Waals surface area contributed by atoms with Crippen molar-refractivity contribution in [3.8, 4) is 5.75 Å². The van der Waals surface area contributed by atoms with E-state index in [0.717, 1.165) is 38.5 Å². The van der Waals surface area contributed by atoms with E-state index in [1.807, 2.05) is 6.08 Å². The van der Waals surface area contributed by atoms with Gasteiger partial charge in [-0.15, -0.1) is 6.58 Å². The number of methoxy groups -OCH3 is 1. The van der Waals surface area contributed by atoms with Crippen molar-refractivity contribution in [2.45, 2.75) is 19.9 Å². The Balaban J connectivity index is 2.01. The molecule has 0 unspecified atom stereocenters. The average molecular weight is 275 g/mol. The third kappa shape index (κ3) is 3.62. The van der Waals surface area contributed by atoms with Gasteiger partial charge in [-0.1, -0.05) is 25.1 Å². The maximum Gasteiger partial charge on any atom is 0.122 e. The third-order valence-corrected chi connectivity index (χ3v) is 3.71. The van der Waals surface area contributed by atoms with Gasteiger partial charge in [-0.25, -0.2) is 0 Å². The molecule has 1 saturated heterocycles. The molecule has 1 heterocycles. The first kappa shape index (κ1) is 15.1. The van der Waals surface area contributed by atoms with Crippen molar-refractivity contribution in [3.05, 3.63) is 42.0 Å². The van der Waals surface area contributed by atoms with E-state index in [-0.39, 0.29) is 0 Å². The predicted molar refractivity (Wildman–Crippen MR) is 82.2 cm³/mol. The van der Waals surface area contributed by atoms with Gasteiger partial charge in [-0.3, -0.25) is 0 Å². The van der Waals surface area contributed by atoms with E-state index in [1.54, 1.807) is 7.11 Å². The fourth-order valence-electron chi connectivity index (χ4n) is 2.81. The van der Waals surface area contributed by atoms with Crippen molar-refractivity contribution in [2.75, 3.05) is 33.9 Å². The first-order valence-electron chi connectivity index (χ1n) is 7.09. The number of nitrogens with zero attached hydrogens (tertiary/aromatic N) is 1. The van der Waals surface area contributed by atoms with Crippen molar-refractivity contribution in [1.29, 1.82) is 0 Å². The number of benzene rings is 1. The summed E-state index contributed by atoms with van der Waals surface area (Å²) in [6, 6.07) is 6.41. The Morgan fingerprint density at radius 2 is 2.20 bits per heavy atom. The first-order chi connectivity index (χ1) is 9.56. The fraction of sp³-hybridized carbons (Fsp3) is 0.529. The highest BCUT2D eigenvalue weighted by Crippen LogP contribution is 2.28. The summed E-state index contributed by atoms with van der Waals surface area (Å²) in [6.07, 6.45) is 2.75. The molecule has 0 N–H and O–H groups in total. The second-order valence-electron chi connectivity index (χ2n) is 6.11. The summed E-state index contributed by atoms with van der Waals surface area (Å²) in [6.45, 7) is 9.86. The highest BCUT2D eigenvalue weighted by Gasteiger charge is 2.34. The molecule has 0 radical (unpaired) electrons. The van der Waals surface area contributed by atoms with Crippen LogP contribution in [0.2, 0.25) is 0 Å². The smallest absolute Gasteiger partial charge is 0.122 e. The number of rotatable bonds is 7. The summed E-state index contributed by atoms with van der Waals surface area (Å²) >= 11 is 0. The zero-order valence-corrected chi connectivity index (χ0v) is 12.8. The summed E-state index contributed by atoms with van der Waals surface area (Å²) in [5, 5.41) is 0. The highest BCUT2D eigenvalue weighted by molar-refractivity contribution is 5.38. The van der Waals surface area contributed by atoms with Gasteiger partial charge in [0.15, 0.2) is 0 Å². The maximum atomic E-state index is 5.39. The van der Waals surface area contributed by atoms with Gasteiger partial charge in [0.1, 0.15) is 5.75 Å². The Hall–Kier alpha value is -1.32. The maximum absolute atomic E-state index is 5.39. The summed E-state index contributed by atoms with van der Waals surface area (Å²) in [5.74, 6) is 0.940. The van der Waals surface area contributed by atoms with Crippen LogP contribution in [0, 0.1) is 5.41 Å². The second-order valence-corrected chi connectivity index (χ2v) is 6.11. The lowest BCUT2D eigenvalue weighted by Crippen LogP contribution is -2.47. The van der Waals surface area contributed by atoms with Crippen LogP contribution >= 0.6 is 0 Å². The standard InChI is InChI=1S/C17H25NO2/c1-5-6-15-9-14(7-8-16(15)19-4)10-18(3)11-17(2)12-20-13-17/h5,7-9H,1,6,10-13H2,2-4H3. The van der Waals surface area contributed by atoms with Crippen LogP contribution in [0.3, 0.4) is 0 Å². The van der Waals surface area contributed by atoms with E-state index in [2.05, 4.69) is 43.6 Å². The molecule has 3 heteroatoms. The largest absolute Gasteiger partial charge is 0.496 e. The molecule has 0 spiro atoms. The summed E-state index contributed by atoms with van der Waals surface area (Å²) in [7, 11) is 3.88. The fourth-order valence-corrected chi connectivity index (χ4v) is 2.81. The van der Waals surface area contributed by atoms with Gasteiger partial charge in [-0.2, -0.15) is 0 Å². The average Bonchev–Trinajstić information content (AvgIpc) is 2.37. The van der Waals surface area contributed by atoms with Gasteiger partial charge in [-0.05, 0) is 30.7 Å². The molecule has 20 heavy (non-hydrogen) atoms. The molecular weight excluding hydrogens is 250 g/mol. The SMILES string of the molecule is C=CCc1cc(CN(C)CC2(C)COC2)ccc1OC. The normalized spacial score (nSPS) is 16.8. The van der Waals surface area contributed by atoms with Crippen LogP contribution in [0.25, 0.3) is 0 Å². The Labute approximate surface area is 122 Å². The van der Waals surface area contributed by atoms with Gasteiger partial charge >= 0.3 is 0 Å². The molecule has 0 saturated carbocycles. The third-order valence-electron chi connectivity index (χ3n) is 3.71. The summed E-state index contributed by atoms with van der Waals surface area (Å²) in [4.78, 5) is 2.36. The van der Waals surface area contributed by atoms with Crippen LogP contribution in [0.4, 0.5) is 0 Å². The molecule has 0 amide bonds. The summed E-state index contributed by atoms with van der Waals surface area (Å²) in [5.41, 5.74) is 2.84. The van der Waals surface area contributed by atoms with Crippen molar-refractivity contribution >= 4 is 0 Å². The lowest BCUT2D eigenvalue weighted by Gasteiger charge is -2.40. The molecular formula is C17H25NO2. The monoisotopic (exact) mass is 275 g/mol. The molecule has 0 atom stereocenters. The van der Waals surface area contributed by atoms with Crippen molar-refractivity contribution in [1.82, 2.24) is 4.90 Å². The van der Waals surface area contributed by atoms with E-state index in [0.29, 0.717) is 5.41 Å². The first-order valence-corrected chi connectivity index (χ1v) is 7.09. The van der Waals surface area contributed by atoms with Crippen LogP contribution in [0.5, 0.6) is 5.75 Å². The van der Waals surface area contributed by atoms with Crippen molar-refractivity contribution < 1.29 is 9.47 Å². The lowest BCUT2D eigenvalue weighted by molar-refractivity contribution is -0.113. The Morgan fingerprint density at radius 3 is 2.75 bits per heavy atom. The zero-order chi connectivity index (χ0) is 14.6. The van der Waals surface area contributed by atoms with Crippen molar-refractivity contribution in [3.63, 3.8) is 0 Å². The number of hydrogen-bond donors (Lipinski definition) is 0. The molecule has 0 aromatic heterocycles. The van der Waals surface area contributed by atoms with Gasteiger partial charge in [0, 0.05) is 18.5 Å². The number of allylic oxidation sites excluding steroid dienone is 1. The van der Waals surface area contributed by atoms with Crippen LogP contribution < -0.4 is 4.74 Å². The van der Waals surface area contributed by atoms with E-state index < -0.39 is 0 Å². The second kappa shape index (κ2) is 6.42. The van der Waals surface area contributed by atoms with Gasteiger partial charge in [0.05, 0.1) is 20.3 Å². The lowest BCUT2D eigenvalue weighted by atomic mass is 9.88. The topological polar surface area (TPSA) is 21.7 Å². The molecule has 1 aliphatic rings. The molecule has 1 aliphatic heterocycles. The molecule has 1 aromatic carbocycles. The van der Waals surface area contributed by atoms with Gasteiger partial charge in [0.2, 0.25) is 0 Å². The van der Waals surface area contributed by atoms with Crippen LogP contribution in [-0.2, 0) is 17.7 Å². The number of ether oxygens (including phenoxy) is 2. The van der Waals surface area contributed by atoms with E-state index in [4.69, 9.17) is 9.47 Å². The van der Waals surface area contributed by atoms with Gasteiger partial charge in [0.25, 0.3) is 0 Å². The Kier molecular flexibility index (Phi) is 4.84. The molecule has 110 valence electrons. The van der Waals surface area contributed by atoms with Crippen LogP contribution in [0.1, 0.15) is 18.1 Å². The van der Waals surface area contributed by atoms with Gasteiger partial charge < -0.3 is 14.4 Å².